The van der Waals surface area contributed by atoms with Crippen LogP contribution in [-0.4, -0.2) is 64.4 Å². The molecule has 1 spiro atoms. The quantitative estimate of drug-likeness (QED) is 0.485. The topological polar surface area (TPSA) is 75.6 Å². The predicted octanol–water partition coefficient (Wildman–Crippen LogP) is 4.96. The van der Waals surface area contributed by atoms with E-state index >= 15 is 0 Å². The zero-order chi connectivity index (χ0) is 26.4. The summed E-state index contributed by atoms with van der Waals surface area (Å²) in [5.41, 5.74) is 3.29. The molecule has 0 aliphatic carbocycles. The molecule has 2 aromatic carbocycles. The molecular formula is C31H36N4O3. The first-order chi connectivity index (χ1) is 18.5. The molecule has 0 N–H and O–H groups in total. The molecule has 1 fully saturated rings. The van der Waals surface area contributed by atoms with Crippen molar-refractivity contribution in [3.05, 3.63) is 89.5 Å². The number of hydrogen-bond acceptors (Lipinski definition) is 5. The number of aromatic nitrogens is 2. The zero-order valence-electron chi connectivity index (χ0n) is 22.1. The summed E-state index contributed by atoms with van der Waals surface area (Å²) in [6.45, 7) is 4.88. The van der Waals surface area contributed by atoms with E-state index in [0.29, 0.717) is 38.5 Å². The first-order valence-corrected chi connectivity index (χ1v) is 13.7. The maximum atomic E-state index is 13.6. The van der Waals surface area contributed by atoms with Gasteiger partial charge in [0.2, 0.25) is 0 Å². The van der Waals surface area contributed by atoms with Crippen molar-refractivity contribution in [2.24, 2.45) is 5.41 Å². The number of benzene rings is 2. The lowest BCUT2D eigenvalue weighted by atomic mass is 9.73. The number of carbonyl (C=O) groups excluding carboxylic acids is 2. The molecule has 38 heavy (non-hydrogen) atoms. The van der Waals surface area contributed by atoms with Crippen molar-refractivity contribution in [2.75, 3.05) is 32.8 Å². The van der Waals surface area contributed by atoms with Crippen molar-refractivity contribution < 1.29 is 14.3 Å². The monoisotopic (exact) mass is 512 g/mol. The summed E-state index contributed by atoms with van der Waals surface area (Å²) < 4.78 is 6.18. The standard InChI is InChI=1S/C31H36N4O3/c1-24-8-2-4-11-26(24)29(36)34-18-14-31(15-19-34)13-7-6-10-25-9-3-5-12-28(25)38-21-20-35(23-31)30(37)27-22-32-16-17-33-27/h2-5,8-9,11-12,16-17,22H,6-7,10,13-15,18-21,23H2,1H3. The number of amides is 2. The van der Waals surface area contributed by atoms with Crippen LogP contribution in [0.2, 0.25) is 0 Å². The highest BCUT2D eigenvalue weighted by Gasteiger charge is 2.39. The second-order valence-corrected chi connectivity index (χ2v) is 10.6. The largest absolute Gasteiger partial charge is 0.491 e. The molecule has 1 aromatic heterocycles. The molecule has 2 aliphatic rings. The van der Waals surface area contributed by atoms with Crippen LogP contribution in [0.1, 0.15) is 64.1 Å². The summed E-state index contributed by atoms with van der Waals surface area (Å²) in [5, 5.41) is 0. The fraction of sp³-hybridized carbons (Fsp3) is 0.419. The van der Waals surface area contributed by atoms with Crippen molar-refractivity contribution in [3.8, 4) is 5.75 Å². The second kappa shape index (κ2) is 11.8. The molecule has 0 atom stereocenters. The first kappa shape index (κ1) is 25.9. The number of fused-ring (bicyclic) bond motifs is 1. The number of nitrogens with zero attached hydrogens (tertiary/aromatic N) is 4. The van der Waals surface area contributed by atoms with Crippen LogP contribution in [0.4, 0.5) is 0 Å². The first-order valence-electron chi connectivity index (χ1n) is 13.7. The van der Waals surface area contributed by atoms with Crippen LogP contribution in [0.15, 0.2) is 67.1 Å². The molecule has 0 unspecified atom stereocenters. The number of carbonyl (C=O) groups is 2. The number of likely N-dealkylation sites (tertiary alicyclic amines) is 1. The minimum absolute atomic E-state index is 0.0565. The molecular weight excluding hydrogens is 476 g/mol. The van der Waals surface area contributed by atoms with Gasteiger partial charge in [-0.15, -0.1) is 0 Å². The molecule has 7 heteroatoms. The maximum absolute atomic E-state index is 13.6. The Hall–Kier alpha value is -3.74. The molecule has 2 aliphatic heterocycles. The van der Waals surface area contributed by atoms with Gasteiger partial charge in [-0.05, 0) is 67.7 Å². The third kappa shape index (κ3) is 5.87. The van der Waals surface area contributed by atoms with E-state index in [1.807, 2.05) is 53.1 Å². The Morgan fingerprint density at radius 3 is 2.45 bits per heavy atom. The number of piperidine rings is 1. The highest BCUT2D eigenvalue weighted by Crippen LogP contribution is 2.39. The average Bonchev–Trinajstić information content (AvgIpc) is 2.95. The average molecular weight is 513 g/mol. The Morgan fingerprint density at radius 1 is 0.868 bits per heavy atom. The molecule has 0 radical (unpaired) electrons. The van der Waals surface area contributed by atoms with Gasteiger partial charge in [-0.25, -0.2) is 4.98 Å². The molecule has 3 aromatic rings. The number of para-hydroxylation sites is 1. The van der Waals surface area contributed by atoms with Crippen LogP contribution in [0.25, 0.3) is 0 Å². The van der Waals surface area contributed by atoms with Crippen LogP contribution in [0.3, 0.4) is 0 Å². The highest BCUT2D eigenvalue weighted by atomic mass is 16.5. The van der Waals surface area contributed by atoms with Crippen molar-refractivity contribution >= 4 is 11.8 Å². The lowest BCUT2D eigenvalue weighted by Gasteiger charge is -2.45. The van der Waals surface area contributed by atoms with E-state index in [4.69, 9.17) is 4.74 Å². The zero-order valence-corrected chi connectivity index (χ0v) is 22.1. The fourth-order valence-corrected chi connectivity index (χ4v) is 5.82. The normalized spacial score (nSPS) is 18.0. The van der Waals surface area contributed by atoms with Crippen LogP contribution >= 0.6 is 0 Å². The van der Waals surface area contributed by atoms with Gasteiger partial charge in [-0.1, -0.05) is 42.8 Å². The Morgan fingerprint density at radius 2 is 1.66 bits per heavy atom. The van der Waals surface area contributed by atoms with Crippen LogP contribution in [0, 0.1) is 12.3 Å². The van der Waals surface area contributed by atoms with Gasteiger partial charge >= 0.3 is 0 Å². The van der Waals surface area contributed by atoms with E-state index in [-0.39, 0.29) is 17.2 Å². The van der Waals surface area contributed by atoms with Crippen LogP contribution in [-0.2, 0) is 6.42 Å². The summed E-state index contributed by atoms with van der Waals surface area (Å²) in [5.74, 6) is 0.881. The summed E-state index contributed by atoms with van der Waals surface area (Å²) >= 11 is 0. The Labute approximate surface area is 224 Å². The number of ether oxygens (including phenoxy) is 1. The fourth-order valence-electron chi connectivity index (χ4n) is 5.82. The summed E-state index contributed by atoms with van der Waals surface area (Å²) in [6, 6.07) is 16.0. The molecule has 0 saturated carbocycles. The molecule has 1 saturated heterocycles. The molecule has 5 rings (SSSR count). The van der Waals surface area contributed by atoms with E-state index in [0.717, 1.165) is 55.4 Å². The van der Waals surface area contributed by atoms with Gasteiger partial charge in [-0.2, -0.15) is 0 Å². The number of hydrogen-bond donors (Lipinski definition) is 0. The van der Waals surface area contributed by atoms with Gasteiger partial charge in [0.15, 0.2) is 0 Å². The Kier molecular flexibility index (Phi) is 8.01. The molecule has 0 bridgehead atoms. The minimum atomic E-state index is -0.121. The summed E-state index contributed by atoms with van der Waals surface area (Å²) in [7, 11) is 0. The summed E-state index contributed by atoms with van der Waals surface area (Å²) in [6.07, 6.45) is 10.5. The molecule has 198 valence electrons. The van der Waals surface area contributed by atoms with E-state index in [9.17, 15) is 9.59 Å². The van der Waals surface area contributed by atoms with Gasteiger partial charge in [0, 0.05) is 37.6 Å². The van der Waals surface area contributed by atoms with Crippen molar-refractivity contribution in [3.63, 3.8) is 0 Å². The van der Waals surface area contributed by atoms with E-state index < -0.39 is 0 Å². The van der Waals surface area contributed by atoms with Gasteiger partial charge in [0.05, 0.1) is 12.7 Å². The van der Waals surface area contributed by atoms with Gasteiger partial charge in [0.25, 0.3) is 11.8 Å². The van der Waals surface area contributed by atoms with Gasteiger partial charge < -0.3 is 14.5 Å². The summed E-state index contributed by atoms with van der Waals surface area (Å²) in [4.78, 5) is 39.2. The molecule has 7 nitrogen and oxygen atoms in total. The highest BCUT2D eigenvalue weighted by molar-refractivity contribution is 5.95. The third-order valence-corrected chi connectivity index (χ3v) is 8.08. The van der Waals surface area contributed by atoms with Gasteiger partial charge in [-0.3, -0.25) is 14.6 Å². The maximum Gasteiger partial charge on any atom is 0.274 e. The van der Waals surface area contributed by atoms with Crippen molar-refractivity contribution in [1.29, 1.82) is 0 Å². The molecule has 2 amide bonds. The van der Waals surface area contributed by atoms with Gasteiger partial charge in [0.1, 0.15) is 18.1 Å². The third-order valence-electron chi connectivity index (χ3n) is 8.08. The Bertz CT molecular complexity index is 1250. The van der Waals surface area contributed by atoms with E-state index in [1.165, 1.54) is 11.8 Å². The van der Waals surface area contributed by atoms with E-state index in [1.54, 1.807) is 12.4 Å². The number of aryl methyl sites for hydroxylation is 2. The lowest BCUT2D eigenvalue weighted by molar-refractivity contribution is 0.0325. The SMILES string of the molecule is Cc1ccccc1C(=O)N1CCC2(CCCCc3ccccc3OCCN(C(=O)c3cnccn3)C2)CC1. The Balaban J connectivity index is 1.37. The van der Waals surface area contributed by atoms with Crippen LogP contribution < -0.4 is 4.74 Å². The van der Waals surface area contributed by atoms with E-state index in [2.05, 4.69) is 22.1 Å². The lowest BCUT2D eigenvalue weighted by Crippen LogP contribution is -2.50. The second-order valence-electron chi connectivity index (χ2n) is 10.6. The van der Waals surface area contributed by atoms with Crippen molar-refractivity contribution in [2.45, 2.75) is 45.4 Å². The predicted molar refractivity (Wildman–Crippen MR) is 146 cm³/mol. The van der Waals surface area contributed by atoms with Crippen LogP contribution in [0.5, 0.6) is 5.75 Å². The minimum Gasteiger partial charge on any atom is -0.491 e. The molecule has 3 heterocycles. The smallest absolute Gasteiger partial charge is 0.274 e. The van der Waals surface area contributed by atoms with Crippen molar-refractivity contribution in [1.82, 2.24) is 19.8 Å². The number of rotatable bonds is 2.